The summed E-state index contributed by atoms with van der Waals surface area (Å²) in [6.07, 6.45) is 7.87. The van der Waals surface area contributed by atoms with Gasteiger partial charge in [0.1, 0.15) is 0 Å². The highest BCUT2D eigenvalue weighted by atomic mass is 32.2. The van der Waals surface area contributed by atoms with Crippen molar-refractivity contribution < 1.29 is 21.2 Å². The molecule has 0 aliphatic heterocycles. The van der Waals surface area contributed by atoms with Crippen molar-refractivity contribution in [2.75, 3.05) is 10.6 Å². The largest absolute Gasteiger partial charge is 0.341 e. The van der Waals surface area contributed by atoms with E-state index < -0.39 is 25.9 Å². The normalized spacial score (nSPS) is 17.5. The summed E-state index contributed by atoms with van der Waals surface area (Å²) in [5.41, 5.74) is 1.89. The SMILES string of the molecule is Cc1ccc(Nc2ncc(F)c(NC3=CC=C/C(=C\S(=O)(=O)NC4CC4)C3)n2)cc1S(N)(=O)=O. The highest BCUT2D eigenvalue weighted by molar-refractivity contribution is 7.92. The molecule has 1 aromatic heterocycles. The number of anilines is 3. The monoisotopic (exact) mass is 506 g/mol. The Morgan fingerprint density at radius 3 is 2.65 bits per heavy atom. The summed E-state index contributed by atoms with van der Waals surface area (Å²) < 4.78 is 64.9. The molecule has 2 aromatic rings. The molecule has 0 unspecified atom stereocenters. The third kappa shape index (κ3) is 6.26. The molecule has 13 heteroatoms. The van der Waals surface area contributed by atoms with Crippen LogP contribution in [0.15, 0.2) is 64.2 Å². The molecule has 0 amide bonds. The number of allylic oxidation sites excluding steroid dienone is 4. The van der Waals surface area contributed by atoms with E-state index in [4.69, 9.17) is 5.14 Å². The Morgan fingerprint density at radius 1 is 1.18 bits per heavy atom. The molecule has 0 saturated heterocycles. The quantitative estimate of drug-likeness (QED) is 0.426. The Hall–Kier alpha value is -3.13. The van der Waals surface area contributed by atoms with Crippen LogP contribution in [0.5, 0.6) is 0 Å². The first-order valence-corrected chi connectivity index (χ1v) is 13.4. The lowest BCUT2D eigenvalue weighted by molar-refractivity contribution is 0.589. The summed E-state index contributed by atoms with van der Waals surface area (Å²) in [5, 5.41) is 12.1. The number of nitrogens with zero attached hydrogens (tertiary/aromatic N) is 2. The first-order chi connectivity index (χ1) is 16.0. The third-order valence-electron chi connectivity index (χ3n) is 4.99. The molecule has 1 heterocycles. The van der Waals surface area contributed by atoms with Crippen LogP contribution in [0, 0.1) is 12.7 Å². The van der Waals surface area contributed by atoms with E-state index in [0.717, 1.165) is 19.0 Å². The number of primary sulfonamides is 1. The van der Waals surface area contributed by atoms with Gasteiger partial charge in [0, 0.05) is 29.3 Å². The van der Waals surface area contributed by atoms with E-state index in [9.17, 15) is 21.2 Å². The lowest BCUT2D eigenvalue weighted by Gasteiger charge is -2.15. The maximum Gasteiger partial charge on any atom is 0.238 e. The van der Waals surface area contributed by atoms with Gasteiger partial charge in [0.25, 0.3) is 0 Å². The molecule has 1 saturated carbocycles. The van der Waals surface area contributed by atoms with Crippen molar-refractivity contribution in [1.82, 2.24) is 14.7 Å². The summed E-state index contributed by atoms with van der Waals surface area (Å²) in [6.45, 7) is 1.61. The zero-order valence-corrected chi connectivity index (χ0v) is 19.7. The predicted octanol–water partition coefficient (Wildman–Crippen LogP) is 2.54. The molecule has 4 rings (SSSR count). The molecule has 10 nitrogen and oxygen atoms in total. The first kappa shape index (κ1) is 24.0. The molecule has 1 aromatic carbocycles. The summed E-state index contributed by atoms with van der Waals surface area (Å²) in [4.78, 5) is 7.95. The van der Waals surface area contributed by atoms with Gasteiger partial charge in [-0.2, -0.15) is 4.98 Å². The molecule has 0 atom stereocenters. The van der Waals surface area contributed by atoms with Crippen LogP contribution in [-0.2, 0) is 20.0 Å². The van der Waals surface area contributed by atoms with Crippen molar-refractivity contribution in [3.05, 3.63) is 70.7 Å². The maximum absolute atomic E-state index is 14.4. The molecular formula is C21H23FN6O4S2. The molecule has 1 fully saturated rings. The molecule has 0 spiro atoms. The molecule has 5 N–H and O–H groups in total. The van der Waals surface area contributed by atoms with E-state index in [2.05, 4.69) is 25.3 Å². The Bertz CT molecular complexity index is 1430. The van der Waals surface area contributed by atoms with Gasteiger partial charge in [-0.3, -0.25) is 0 Å². The van der Waals surface area contributed by atoms with Crippen molar-refractivity contribution in [3.8, 4) is 0 Å². The van der Waals surface area contributed by atoms with Gasteiger partial charge in [-0.05, 0) is 49.1 Å². The fraction of sp³-hybridized carbons (Fsp3) is 0.238. The summed E-state index contributed by atoms with van der Waals surface area (Å²) in [6, 6.07) is 4.53. The molecule has 34 heavy (non-hydrogen) atoms. The minimum absolute atomic E-state index is 0.00170. The van der Waals surface area contributed by atoms with Crippen molar-refractivity contribution in [2.24, 2.45) is 5.14 Å². The lowest BCUT2D eigenvalue weighted by Crippen LogP contribution is -2.23. The standard InChI is InChI=1S/C21H23FN6O4S2/c1-13-5-6-17(10-19(13)34(23,31)32)26-21-24-11-18(22)20(27-21)25-16-4-2-3-14(9-16)12-33(29,30)28-15-7-8-15/h2-6,10-12,15,28H,7-9H2,1H3,(H2,23,31,32)(H2,24,25,26,27)/b14-12+. The fourth-order valence-electron chi connectivity index (χ4n) is 3.24. The Morgan fingerprint density at radius 2 is 1.94 bits per heavy atom. The second kappa shape index (κ2) is 9.25. The number of nitrogens with one attached hydrogen (secondary N) is 3. The van der Waals surface area contributed by atoms with Crippen molar-refractivity contribution in [2.45, 2.75) is 37.1 Å². The zero-order valence-electron chi connectivity index (χ0n) is 18.1. The summed E-state index contributed by atoms with van der Waals surface area (Å²) >= 11 is 0. The number of hydrogen-bond acceptors (Lipinski definition) is 8. The lowest BCUT2D eigenvalue weighted by atomic mass is 10.1. The zero-order chi connectivity index (χ0) is 24.5. The number of rotatable bonds is 8. The van der Waals surface area contributed by atoms with Gasteiger partial charge in [0.05, 0.1) is 11.1 Å². The van der Waals surface area contributed by atoms with Gasteiger partial charge in [0.15, 0.2) is 11.6 Å². The van der Waals surface area contributed by atoms with E-state index in [0.29, 0.717) is 22.5 Å². The highest BCUT2D eigenvalue weighted by Crippen LogP contribution is 2.25. The minimum atomic E-state index is -3.92. The van der Waals surface area contributed by atoms with Crippen molar-refractivity contribution >= 4 is 37.5 Å². The second-order valence-corrected chi connectivity index (χ2v) is 11.1. The number of sulfonamides is 2. The van der Waals surface area contributed by atoms with Crippen LogP contribution in [0.25, 0.3) is 0 Å². The Labute approximate surface area is 197 Å². The number of aromatic nitrogens is 2. The third-order valence-corrected chi connectivity index (χ3v) is 7.32. The van der Waals surface area contributed by atoms with Crippen LogP contribution in [-0.4, -0.2) is 32.8 Å². The van der Waals surface area contributed by atoms with Gasteiger partial charge >= 0.3 is 0 Å². The molecule has 0 bridgehead atoms. The Kier molecular flexibility index (Phi) is 6.53. The van der Waals surface area contributed by atoms with Crippen LogP contribution < -0.4 is 20.5 Å². The molecule has 0 radical (unpaired) electrons. The first-order valence-electron chi connectivity index (χ1n) is 10.3. The Balaban J connectivity index is 1.50. The maximum atomic E-state index is 14.4. The average Bonchev–Trinajstić information content (AvgIpc) is 3.54. The van der Waals surface area contributed by atoms with Gasteiger partial charge in [-0.25, -0.2) is 36.1 Å². The van der Waals surface area contributed by atoms with Crippen molar-refractivity contribution in [1.29, 1.82) is 0 Å². The van der Waals surface area contributed by atoms with Crippen LogP contribution in [0.4, 0.5) is 21.8 Å². The topological polar surface area (TPSA) is 156 Å². The van der Waals surface area contributed by atoms with Gasteiger partial charge in [-0.15, -0.1) is 0 Å². The minimum Gasteiger partial charge on any atom is -0.341 e. The number of benzene rings is 1. The number of halogens is 1. The second-order valence-electron chi connectivity index (χ2n) is 8.02. The van der Waals surface area contributed by atoms with E-state index in [1.54, 1.807) is 37.3 Å². The van der Waals surface area contributed by atoms with Gasteiger partial charge in [-0.1, -0.05) is 18.2 Å². The van der Waals surface area contributed by atoms with Crippen LogP contribution in [0.1, 0.15) is 24.8 Å². The van der Waals surface area contributed by atoms with E-state index in [1.807, 2.05) is 0 Å². The van der Waals surface area contributed by atoms with Crippen LogP contribution in [0.2, 0.25) is 0 Å². The molecular weight excluding hydrogens is 483 g/mol. The van der Waals surface area contributed by atoms with Crippen LogP contribution >= 0.6 is 0 Å². The van der Waals surface area contributed by atoms with Crippen molar-refractivity contribution in [3.63, 3.8) is 0 Å². The molecule has 2 aliphatic carbocycles. The fourth-order valence-corrected chi connectivity index (χ4v) is 5.38. The molecule has 180 valence electrons. The number of hydrogen-bond donors (Lipinski definition) is 4. The predicted molar refractivity (Wildman–Crippen MR) is 126 cm³/mol. The highest BCUT2D eigenvalue weighted by Gasteiger charge is 2.26. The molecule has 2 aliphatic rings. The summed E-state index contributed by atoms with van der Waals surface area (Å²) in [7, 11) is -7.48. The van der Waals surface area contributed by atoms with Gasteiger partial charge in [0.2, 0.25) is 26.0 Å². The number of aryl methyl sites for hydroxylation is 1. The van der Waals surface area contributed by atoms with E-state index >= 15 is 0 Å². The number of nitrogens with two attached hydrogens (primary N) is 1. The summed E-state index contributed by atoms with van der Waals surface area (Å²) in [5.74, 6) is -0.827. The van der Waals surface area contributed by atoms with Gasteiger partial charge < -0.3 is 10.6 Å². The van der Waals surface area contributed by atoms with Crippen LogP contribution in [0.3, 0.4) is 0 Å². The van der Waals surface area contributed by atoms with E-state index in [1.165, 1.54) is 11.5 Å². The van der Waals surface area contributed by atoms with E-state index in [-0.39, 0.29) is 29.1 Å². The smallest absolute Gasteiger partial charge is 0.238 e. The average molecular weight is 507 g/mol.